The lowest BCUT2D eigenvalue weighted by atomic mass is 9.44. The molecule has 6 fully saturated rings. The van der Waals surface area contributed by atoms with Crippen LogP contribution in [0.1, 0.15) is 146 Å². The van der Waals surface area contributed by atoms with E-state index in [1.54, 1.807) is 11.1 Å². The standard InChI is InChI=1S/C69H69BN2O/c1-38-24-54-55(67(5,6)23-22-66(54,3)4)32-58(38)71-59-31-52-49-14-10-11-15-60(49)73-65(52)61-53-30-47(68(7)36-44-16-17-45(37-68)39(44)2)29-51-50-28-46(69-33-40-25-41(34-69)27-42(26-40)35-69)19-21-57(50)72(63(51)53)70(62(59)61)56-20-18-43-12-8-9-13-48(43)64(56)71/h8-15,18-21,24,28-32,39-42,44-45H,16-17,22-23,25-27,33-37H2,1-7H3. The molecular formula is C69H69BN2O. The Kier molecular flexibility index (Phi) is 8.14. The summed E-state index contributed by atoms with van der Waals surface area (Å²) in [6.07, 6.45) is 16.3. The molecule has 7 aliphatic carbocycles. The van der Waals surface area contributed by atoms with E-state index in [0.717, 1.165) is 46.7 Å². The maximum atomic E-state index is 7.39. The van der Waals surface area contributed by atoms with E-state index in [1.165, 1.54) is 176 Å². The van der Waals surface area contributed by atoms with Crippen molar-refractivity contribution in [3.8, 4) is 11.1 Å². The minimum atomic E-state index is -0.0579. The van der Waals surface area contributed by atoms with Crippen molar-refractivity contribution in [1.82, 2.24) is 4.48 Å². The van der Waals surface area contributed by atoms with Crippen molar-refractivity contribution in [3.05, 3.63) is 137 Å². The molecule has 73 heavy (non-hydrogen) atoms. The fourth-order valence-electron chi connectivity index (χ4n) is 19.3. The van der Waals surface area contributed by atoms with Crippen LogP contribution in [0.3, 0.4) is 0 Å². The average molecular weight is 953 g/mol. The summed E-state index contributed by atoms with van der Waals surface area (Å²) in [4.78, 5) is 2.76. The number of hydrogen-bond donors (Lipinski definition) is 0. The maximum absolute atomic E-state index is 7.39. The first-order valence-electron chi connectivity index (χ1n) is 28.8. The predicted molar refractivity (Wildman–Crippen MR) is 307 cm³/mol. The molecule has 364 valence electrons. The zero-order valence-electron chi connectivity index (χ0n) is 44.2. The Morgan fingerprint density at radius 2 is 1.27 bits per heavy atom. The van der Waals surface area contributed by atoms with Gasteiger partial charge in [0.1, 0.15) is 11.2 Å². The quantitative estimate of drug-likeness (QED) is 0.165. The molecule has 18 rings (SSSR count). The van der Waals surface area contributed by atoms with Crippen LogP contribution >= 0.6 is 0 Å². The van der Waals surface area contributed by atoms with Gasteiger partial charge in [-0.1, -0.05) is 108 Å². The number of furan rings is 1. The van der Waals surface area contributed by atoms with Crippen LogP contribution in [0.2, 0.25) is 0 Å². The van der Waals surface area contributed by atoms with Gasteiger partial charge >= 0.3 is 6.85 Å². The second-order valence-electron chi connectivity index (χ2n) is 27.7. The second-order valence-corrected chi connectivity index (χ2v) is 27.7. The number of fused-ring (bicyclic) bond motifs is 16. The summed E-state index contributed by atoms with van der Waals surface area (Å²) in [5.74, 6) is 5.12. The van der Waals surface area contributed by atoms with Crippen LogP contribution in [0.4, 0.5) is 17.1 Å². The van der Waals surface area contributed by atoms with Gasteiger partial charge in [-0.3, -0.25) is 0 Å². The molecule has 2 unspecified atom stereocenters. The van der Waals surface area contributed by atoms with E-state index in [2.05, 4.69) is 167 Å². The van der Waals surface area contributed by atoms with E-state index in [9.17, 15) is 0 Å². The SMILES string of the molecule is Cc1cc2c(cc1N1c3cc4c(oc5ccccc54)c4c3B(c3ccc5ccccc5c31)n1c3ccc(C56CC7CC(CC(C7)C5)C6)cc3c3cc(C5(C)CC6CCC(C5)C6C)cc-4c31)C(C)(C)CCC2(C)C. The van der Waals surface area contributed by atoms with E-state index in [-0.39, 0.29) is 23.1 Å². The van der Waals surface area contributed by atoms with Crippen molar-refractivity contribution in [3.63, 3.8) is 0 Å². The van der Waals surface area contributed by atoms with Gasteiger partial charge in [-0.15, -0.1) is 0 Å². The largest absolute Gasteiger partial charge is 0.455 e. The average Bonchev–Trinajstić information content (AvgIpc) is 4.10. The summed E-state index contributed by atoms with van der Waals surface area (Å²) in [5.41, 5.74) is 22.3. The fourth-order valence-corrected chi connectivity index (χ4v) is 19.3. The molecule has 4 heterocycles. The van der Waals surface area contributed by atoms with Crippen LogP contribution in [-0.4, -0.2) is 11.3 Å². The topological polar surface area (TPSA) is 21.3 Å². The van der Waals surface area contributed by atoms with Crippen LogP contribution in [0.15, 0.2) is 114 Å². The van der Waals surface area contributed by atoms with Gasteiger partial charge in [-0.05, 0) is 228 Å². The summed E-state index contributed by atoms with van der Waals surface area (Å²) in [5, 5.41) is 7.95. The lowest BCUT2D eigenvalue weighted by molar-refractivity contribution is -0.00512. The molecule has 3 nitrogen and oxygen atoms in total. The Bertz CT molecular complexity index is 3900. The van der Waals surface area contributed by atoms with E-state index < -0.39 is 0 Å². The Balaban J connectivity index is 1.02. The van der Waals surface area contributed by atoms with Crippen molar-refractivity contribution >= 4 is 89.4 Å². The lowest BCUT2D eigenvalue weighted by Crippen LogP contribution is -2.56. The van der Waals surface area contributed by atoms with E-state index in [1.807, 2.05) is 0 Å². The molecule has 6 saturated carbocycles. The first kappa shape index (κ1) is 42.6. The highest BCUT2D eigenvalue weighted by Gasteiger charge is 2.53. The monoisotopic (exact) mass is 953 g/mol. The Morgan fingerprint density at radius 3 is 2.01 bits per heavy atom. The fraction of sp³-hybridized carbons (Fsp3) is 0.420. The number of rotatable bonds is 3. The van der Waals surface area contributed by atoms with Gasteiger partial charge in [-0.25, -0.2) is 0 Å². The number of aromatic nitrogens is 1. The smallest absolute Gasteiger partial charge is 0.333 e. The maximum Gasteiger partial charge on any atom is 0.333 e. The van der Waals surface area contributed by atoms with Crippen LogP contribution < -0.4 is 15.8 Å². The van der Waals surface area contributed by atoms with Crippen molar-refractivity contribution in [2.45, 2.75) is 147 Å². The summed E-state index contributed by atoms with van der Waals surface area (Å²) >= 11 is 0. The summed E-state index contributed by atoms with van der Waals surface area (Å²) in [6.45, 7) is 17.5. The van der Waals surface area contributed by atoms with Gasteiger partial charge in [0.15, 0.2) is 0 Å². The molecule has 2 atom stereocenters. The van der Waals surface area contributed by atoms with Crippen LogP contribution in [0.5, 0.6) is 0 Å². The normalized spacial score (nSPS) is 29.7. The summed E-state index contributed by atoms with van der Waals surface area (Å²) < 4.78 is 10.2. The zero-order chi connectivity index (χ0) is 48.8. The molecule has 0 saturated heterocycles. The molecule has 7 aromatic carbocycles. The van der Waals surface area contributed by atoms with Crippen molar-refractivity contribution in [1.29, 1.82) is 0 Å². The second kappa shape index (κ2) is 13.9. The molecule has 6 bridgehead atoms. The number of benzene rings is 7. The molecule has 2 aliphatic heterocycles. The number of aryl methyl sites for hydroxylation is 1. The molecule has 4 heteroatoms. The molecule has 0 N–H and O–H groups in total. The van der Waals surface area contributed by atoms with Crippen molar-refractivity contribution in [2.75, 3.05) is 4.90 Å². The van der Waals surface area contributed by atoms with Crippen LogP contribution in [-0.2, 0) is 21.7 Å². The van der Waals surface area contributed by atoms with Gasteiger partial charge in [-0.2, -0.15) is 0 Å². The first-order chi connectivity index (χ1) is 35.2. The Morgan fingerprint density at radius 1 is 0.603 bits per heavy atom. The third kappa shape index (κ3) is 5.49. The Hall–Kier alpha value is -5.74. The highest BCUT2D eigenvalue weighted by atomic mass is 16.3. The summed E-state index contributed by atoms with van der Waals surface area (Å²) in [6, 6.07) is 44.3. The molecule has 2 aromatic heterocycles. The highest BCUT2D eigenvalue weighted by Crippen LogP contribution is 2.62. The molecule has 9 aliphatic rings. The minimum Gasteiger partial charge on any atom is -0.455 e. The molecule has 0 amide bonds. The molecule has 0 spiro atoms. The number of hydrogen-bond acceptors (Lipinski definition) is 2. The highest BCUT2D eigenvalue weighted by molar-refractivity contribution is 6.90. The van der Waals surface area contributed by atoms with Crippen LogP contribution in [0.25, 0.3) is 65.6 Å². The van der Waals surface area contributed by atoms with E-state index >= 15 is 0 Å². The molecule has 0 radical (unpaired) electrons. The third-order valence-corrected chi connectivity index (χ3v) is 22.7. The van der Waals surface area contributed by atoms with Gasteiger partial charge < -0.3 is 13.8 Å². The Labute approximate surface area is 431 Å². The van der Waals surface area contributed by atoms with E-state index in [0.29, 0.717) is 5.41 Å². The van der Waals surface area contributed by atoms with Gasteiger partial charge in [0.05, 0.1) is 5.69 Å². The van der Waals surface area contributed by atoms with Crippen molar-refractivity contribution < 1.29 is 4.42 Å². The number of anilines is 3. The number of nitrogens with zero attached hydrogens (tertiary/aromatic N) is 2. The summed E-state index contributed by atoms with van der Waals surface area (Å²) in [7, 11) is 0. The van der Waals surface area contributed by atoms with Gasteiger partial charge in [0.2, 0.25) is 0 Å². The first-order valence-corrected chi connectivity index (χ1v) is 28.8. The number of para-hydroxylation sites is 1. The van der Waals surface area contributed by atoms with Gasteiger partial charge in [0, 0.05) is 60.5 Å². The zero-order valence-corrected chi connectivity index (χ0v) is 44.2. The minimum absolute atomic E-state index is 0.0579. The van der Waals surface area contributed by atoms with Gasteiger partial charge in [0.25, 0.3) is 0 Å². The molecule has 9 aromatic rings. The lowest BCUT2D eigenvalue weighted by Gasteiger charge is -2.57. The predicted octanol–water partition coefficient (Wildman–Crippen LogP) is 17.1. The van der Waals surface area contributed by atoms with Crippen LogP contribution in [0, 0.1) is 42.4 Å². The third-order valence-electron chi connectivity index (χ3n) is 22.7. The van der Waals surface area contributed by atoms with E-state index in [4.69, 9.17) is 4.42 Å². The molecular weight excluding hydrogens is 884 g/mol. The van der Waals surface area contributed by atoms with Crippen molar-refractivity contribution in [2.24, 2.45) is 35.5 Å².